The van der Waals surface area contributed by atoms with Crippen molar-refractivity contribution in [3.8, 4) is 5.82 Å². The molecular formula is C20H15FN6O. The molecule has 28 heavy (non-hydrogen) atoms. The summed E-state index contributed by atoms with van der Waals surface area (Å²) in [5.41, 5.74) is 3.73. The van der Waals surface area contributed by atoms with E-state index in [2.05, 4.69) is 25.8 Å². The topological polar surface area (TPSA) is 84.7 Å². The Hall–Kier alpha value is -3.65. The van der Waals surface area contributed by atoms with Crippen molar-refractivity contribution in [3.05, 3.63) is 77.2 Å². The fourth-order valence-electron chi connectivity index (χ4n) is 3.30. The molecule has 0 bridgehead atoms. The summed E-state index contributed by atoms with van der Waals surface area (Å²) in [6, 6.07) is 13.5. The number of pyridine rings is 1. The first kappa shape index (κ1) is 16.5. The van der Waals surface area contributed by atoms with E-state index >= 15 is 0 Å². The minimum Gasteiger partial charge on any atom is -0.322 e. The number of aromatic nitrogens is 4. The molecule has 1 aliphatic rings. The van der Waals surface area contributed by atoms with Crippen LogP contribution in [0, 0.1) is 5.82 Å². The first-order chi connectivity index (χ1) is 13.7. The molecule has 3 heterocycles. The number of hydrogen-bond acceptors (Lipinski definition) is 5. The third-order valence-electron chi connectivity index (χ3n) is 4.65. The van der Waals surface area contributed by atoms with Crippen LogP contribution in [0.3, 0.4) is 0 Å². The average molecular weight is 374 g/mol. The number of benzene rings is 2. The zero-order valence-electron chi connectivity index (χ0n) is 14.7. The highest BCUT2D eigenvalue weighted by atomic mass is 19.1. The lowest BCUT2D eigenvalue weighted by Gasteiger charge is -2.07. The molecule has 8 heteroatoms. The Morgan fingerprint density at radius 1 is 1.07 bits per heavy atom. The van der Waals surface area contributed by atoms with Gasteiger partial charge in [-0.25, -0.2) is 9.37 Å². The number of carbonyl (C=O) groups excluding carboxylic acids is 1. The summed E-state index contributed by atoms with van der Waals surface area (Å²) in [5.74, 6) is -0.510. The van der Waals surface area contributed by atoms with Gasteiger partial charge >= 0.3 is 0 Å². The predicted octanol–water partition coefficient (Wildman–Crippen LogP) is 2.81. The number of carbonyl (C=O) groups is 1. The summed E-state index contributed by atoms with van der Waals surface area (Å²) < 4.78 is 14.1. The molecule has 7 nitrogen and oxygen atoms in total. The molecule has 0 spiro atoms. The number of amides is 1. The first-order valence-corrected chi connectivity index (χ1v) is 8.79. The number of fused-ring (bicyclic) bond motifs is 2. The third kappa shape index (κ3) is 2.89. The highest BCUT2D eigenvalue weighted by molar-refractivity contribution is 6.11. The van der Waals surface area contributed by atoms with Gasteiger partial charge in [0.2, 0.25) is 0 Å². The highest BCUT2D eigenvalue weighted by Gasteiger charge is 2.18. The lowest BCUT2D eigenvalue weighted by atomic mass is 10.1. The molecule has 0 unspecified atom stereocenters. The summed E-state index contributed by atoms with van der Waals surface area (Å²) in [4.78, 5) is 18.3. The van der Waals surface area contributed by atoms with Gasteiger partial charge in [0.25, 0.3) is 5.91 Å². The van der Waals surface area contributed by atoms with E-state index in [1.165, 1.54) is 22.5 Å². The lowest BCUT2D eigenvalue weighted by Crippen LogP contribution is -2.13. The van der Waals surface area contributed by atoms with Gasteiger partial charge in [0, 0.05) is 31.0 Å². The molecule has 0 atom stereocenters. The van der Waals surface area contributed by atoms with Crippen molar-refractivity contribution in [2.75, 3.05) is 5.32 Å². The summed E-state index contributed by atoms with van der Waals surface area (Å²) in [6.45, 7) is 1.59. The van der Waals surface area contributed by atoms with E-state index in [4.69, 9.17) is 0 Å². The standard InChI is InChI=1S/C20H15FN6O/c21-14-8-16(20(28)24-15-5-4-12-10-22-11-13(12)7-15)19-17(9-14)25-27(26-19)18-3-1-2-6-23-18/h1-9,22H,10-11H2,(H,24,28). The Balaban J connectivity index is 1.52. The molecular weight excluding hydrogens is 359 g/mol. The summed E-state index contributed by atoms with van der Waals surface area (Å²) in [6.07, 6.45) is 1.61. The zero-order chi connectivity index (χ0) is 19.1. The SMILES string of the molecule is O=C(Nc1ccc2c(c1)CNC2)c1cc(F)cc2nn(-c3ccccn3)nc12. The third-order valence-corrected chi connectivity index (χ3v) is 4.65. The molecule has 1 amide bonds. The zero-order valence-corrected chi connectivity index (χ0v) is 14.7. The molecule has 2 N–H and O–H groups in total. The van der Waals surface area contributed by atoms with Gasteiger partial charge in [-0.05, 0) is 41.5 Å². The van der Waals surface area contributed by atoms with Gasteiger partial charge in [-0.1, -0.05) is 12.1 Å². The van der Waals surface area contributed by atoms with E-state index < -0.39 is 11.7 Å². The molecule has 1 aliphatic heterocycles. The van der Waals surface area contributed by atoms with Crippen LogP contribution in [-0.4, -0.2) is 25.9 Å². The molecule has 2 aromatic carbocycles. The summed E-state index contributed by atoms with van der Waals surface area (Å²) in [7, 11) is 0. The summed E-state index contributed by atoms with van der Waals surface area (Å²) in [5, 5.41) is 14.7. The molecule has 0 aliphatic carbocycles. The number of nitrogens with zero attached hydrogens (tertiary/aromatic N) is 4. The van der Waals surface area contributed by atoms with Crippen LogP contribution in [0.15, 0.2) is 54.7 Å². The molecule has 5 rings (SSSR count). The number of halogens is 1. The van der Waals surface area contributed by atoms with Crippen molar-refractivity contribution < 1.29 is 9.18 Å². The van der Waals surface area contributed by atoms with Gasteiger partial charge in [-0.2, -0.15) is 0 Å². The smallest absolute Gasteiger partial charge is 0.258 e. The maximum Gasteiger partial charge on any atom is 0.258 e. The number of hydrogen-bond donors (Lipinski definition) is 2. The van der Waals surface area contributed by atoms with Crippen LogP contribution in [0.4, 0.5) is 10.1 Å². The highest BCUT2D eigenvalue weighted by Crippen LogP contribution is 2.23. The quantitative estimate of drug-likeness (QED) is 0.576. The summed E-state index contributed by atoms with van der Waals surface area (Å²) >= 11 is 0. The molecule has 2 aromatic heterocycles. The maximum atomic E-state index is 14.1. The Morgan fingerprint density at radius 2 is 1.96 bits per heavy atom. The van der Waals surface area contributed by atoms with Crippen molar-refractivity contribution in [2.24, 2.45) is 0 Å². The van der Waals surface area contributed by atoms with Crippen LogP contribution < -0.4 is 10.6 Å². The van der Waals surface area contributed by atoms with Gasteiger partial charge in [-0.15, -0.1) is 15.0 Å². The van der Waals surface area contributed by atoms with E-state index in [1.807, 2.05) is 18.2 Å². The second-order valence-electron chi connectivity index (χ2n) is 6.54. The molecule has 138 valence electrons. The second kappa shape index (κ2) is 6.50. The average Bonchev–Trinajstić information content (AvgIpc) is 3.34. The second-order valence-corrected chi connectivity index (χ2v) is 6.54. The van der Waals surface area contributed by atoms with E-state index in [9.17, 15) is 9.18 Å². The van der Waals surface area contributed by atoms with Crippen LogP contribution in [0.25, 0.3) is 16.9 Å². The molecule has 4 aromatic rings. The van der Waals surface area contributed by atoms with Gasteiger partial charge in [0.1, 0.15) is 16.9 Å². The van der Waals surface area contributed by atoms with Crippen molar-refractivity contribution in [1.82, 2.24) is 25.3 Å². The maximum absolute atomic E-state index is 14.1. The normalized spacial score (nSPS) is 12.9. The van der Waals surface area contributed by atoms with Crippen molar-refractivity contribution in [1.29, 1.82) is 0 Å². The van der Waals surface area contributed by atoms with Gasteiger partial charge in [0.05, 0.1) is 5.56 Å². The monoisotopic (exact) mass is 374 g/mol. The van der Waals surface area contributed by atoms with Crippen molar-refractivity contribution in [3.63, 3.8) is 0 Å². The Kier molecular flexibility index (Phi) is 3.84. The van der Waals surface area contributed by atoms with Crippen LogP contribution in [0.1, 0.15) is 21.5 Å². The van der Waals surface area contributed by atoms with Gasteiger partial charge in [-0.3, -0.25) is 4.79 Å². The van der Waals surface area contributed by atoms with Crippen LogP contribution in [0.5, 0.6) is 0 Å². The van der Waals surface area contributed by atoms with Crippen LogP contribution in [-0.2, 0) is 13.1 Å². The van der Waals surface area contributed by atoms with E-state index in [1.54, 1.807) is 24.4 Å². The number of anilines is 1. The Labute approximate surface area is 159 Å². The molecule has 0 fully saturated rings. The largest absolute Gasteiger partial charge is 0.322 e. The van der Waals surface area contributed by atoms with E-state index in [0.29, 0.717) is 17.0 Å². The number of nitrogens with one attached hydrogen (secondary N) is 2. The van der Waals surface area contributed by atoms with Crippen LogP contribution >= 0.6 is 0 Å². The fraction of sp³-hybridized carbons (Fsp3) is 0.100. The molecule has 0 radical (unpaired) electrons. The Morgan fingerprint density at radius 3 is 2.82 bits per heavy atom. The van der Waals surface area contributed by atoms with Gasteiger partial charge < -0.3 is 10.6 Å². The van der Waals surface area contributed by atoms with Crippen LogP contribution in [0.2, 0.25) is 0 Å². The fourth-order valence-corrected chi connectivity index (χ4v) is 3.30. The number of rotatable bonds is 3. The van der Waals surface area contributed by atoms with Crippen molar-refractivity contribution >= 4 is 22.6 Å². The molecule has 0 saturated carbocycles. The van der Waals surface area contributed by atoms with E-state index in [-0.39, 0.29) is 11.1 Å². The first-order valence-electron chi connectivity index (χ1n) is 8.79. The minimum absolute atomic E-state index is 0.121. The Bertz CT molecular complexity index is 1200. The minimum atomic E-state index is -0.552. The predicted molar refractivity (Wildman–Crippen MR) is 102 cm³/mol. The van der Waals surface area contributed by atoms with Crippen molar-refractivity contribution in [2.45, 2.75) is 13.1 Å². The lowest BCUT2D eigenvalue weighted by molar-refractivity contribution is 0.102. The molecule has 0 saturated heterocycles. The van der Waals surface area contributed by atoms with Gasteiger partial charge in [0.15, 0.2) is 5.82 Å². The van der Waals surface area contributed by atoms with E-state index in [0.717, 1.165) is 18.7 Å².